The molecule has 1 aromatic heterocycles. The van der Waals surface area contributed by atoms with Gasteiger partial charge in [0.15, 0.2) is 0 Å². The summed E-state index contributed by atoms with van der Waals surface area (Å²) in [5, 5.41) is 3.81. The molecule has 1 N–H and O–H groups in total. The molecule has 0 bridgehead atoms. The summed E-state index contributed by atoms with van der Waals surface area (Å²) in [4.78, 5) is 28.4. The van der Waals surface area contributed by atoms with Gasteiger partial charge >= 0.3 is 5.97 Å². The number of ether oxygens (including phenoxy) is 2. The first-order valence-corrected chi connectivity index (χ1v) is 8.67. The summed E-state index contributed by atoms with van der Waals surface area (Å²) in [5.41, 5.74) is 2.78. The van der Waals surface area contributed by atoms with Crippen molar-refractivity contribution in [1.82, 2.24) is 10.3 Å². The molecule has 28 heavy (non-hydrogen) atoms. The lowest BCUT2D eigenvalue weighted by atomic mass is 10.1. The summed E-state index contributed by atoms with van der Waals surface area (Å²) in [7, 11) is 2.79. The topological polar surface area (TPSA) is 77.5 Å². The number of para-hydroxylation sites is 1. The SMILES string of the molecule is COC(=O)c1cc(CNC(=O)/C=C/c2cccc3cccnc23)ccc1OC. The van der Waals surface area contributed by atoms with E-state index in [1.807, 2.05) is 30.3 Å². The second-order valence-corrected chi connectivity index (χ2v) is 6.00. The minimum atomic E-state index is -0.492. The fraction of sp³-hybridized carbons (Fsp3) is 0.136. The van der Waals surface area contributed by atoms with Gasteiger partial charge in [0.1, 0.15) is 11.3 Å². The Hall–Kier alpha value is -3.67. The second kappa shape index (κ2) is 8.81. The smallest absolute Gasteiger partial charge is 0.341 e. The van der Waals surface area contributed by atoms with Crippen LogP contribution >= 0.6 is 0 Å². The number of nitrogens with zero attached hydrogens (tertiary/aromatic N) is 1. The number of fused-ring (bicyclic) bond motifs is 1. The van der Waals surface area contributed by atoms with Crippen molar-refractivity contribution in [2.24, 2.45) is 0 Å². The van der Waals surface area contributed by atoms with Gasteiger partial charge in [-0.1, -0.05) is 30.3 Å². The molecule has 142 valence electrons. The standard InChI is InChI=1S/C22H20N2O4/c1-27-19-10-8-15(13-18(19)22(26)28-2)14-24-20(25)11-9-17-6-3-5-16-7-4-12-23-21(16)17/h3-13H,14H2,1-2H3,(H,24,25)/b11-9+. The van der Waals surface area contributed by atoms with E-state index < -0.39 is 5.97 Å². The van der Waals surface area contributed by atoms with Crippen LogP contribution in [0.2, 0.25) is 0 Å². The molecule has 1 heterocycles. The Labute approximate surface area is 162 Å². The first-order valence-electron chi connectivity index (χ1n) is 8.67. The van der Waals surface area contributed by atoms with E-state index in [1.54, 1.807) is 30.5 Å². The quantitative estimate of drug-likeness (QED) is 0.527. The summed E-state index contributed by atoms with van der Waals surface area (Å²) in [6, 6.07) is 14.8. The normalized spacial score (nSPS) is 10.8. The van der Waals surface area contributed by atoms with Crippen LogP contribution in [-0.2, 0) is 16.1 Å². The van der Waals surface area contributed by atoms with E-state index in [0.29, 0.717) is 11.3 Å². The molecule has 0 atom stereocenters. The minimum absolute atomic E-state index is 0.247. The number of aromatic nitrogens is 1. The lowest BCUT2D eigenvalue weighted by Gasteiger charge is -2.09. The first-order chi connectivity index (χ1) is 13.6. The van der Waals surface area contributed by atoms with E-state index >= 15 is 0 Å². The molecule has 0 saturated carbocycles. The maximum Gasteiger partial charge on any atom is 0.341 e. The molecule has 6 heteroatoms. The molecule has 0 fully saturated rings. The molecular formula is C22H20N2O4. The number of amides is 1. The van der Waals surface area contributed by atoms with E-state index in [0.717, 1.165) is 22.0 Å². The fourth-order valence-corrected chi connectivity index (χ4v) is 2.81. The molecule has 0 radical (unpaired) electrons. The van der Waals surface area contributed by atoms with Crippen LogP contribution in [-0.4, -0.2) is 31.1 Å². The molecular weight excluding hydrogens is 356 g/mol. The molecule has 0 aliphatic carbocycles. The lowest BCUT2D eigenvalue weighted by molar-refractivity contribution is -0.116. The Balaban J connectivity index is 1.69. The fourth-order valence-electron chi connectivity index (χ4n) is 2.81. The average molecular weight is 376 g/mol. The molecule has 6 nitrogen and oxygen atoms in total. The summed E-state index contributed by atoms with van der Waals surface area (Å²) >= 11 is 0. The van der Waals surface area contributed by atoms with Crippen molar-refractivity contribution in [3.8, 4) is 5.75 Å². The van der Waals surface area contributed by atoms with Crippen molar-refractivity contribution in [3.63, 3.8) is 0 Å². The molecule has 1 amide bonds. The van der Waals surface area contributed by atoms with Crippen molar-refractivity contribution in [2.75, 3.05) is 14.2 Å². The van der Waals surface area contributed by atoms with Gasteiger partial charge < -0.3 is 14.8 Å². The second-order valence-electron chi connectivity index (χ2n) is 6.00. The van der Waals surface area contributed by atoms with Crippen LogP contribution in [0.15, 0.2) is 60.8 Å². The number of rotatable bonds is 6. The number of hydrogen-bond acceptors (Lipinski definition) is 5. The maximum atomic E-state index is 12.2. The Bertz CT molecular complexity index is 1040. The van der Waals surface area contributed by atoms with Crippen LogP contribution in [0, 0.1) is 0 Å². The highest BCUT2D eigenvalue weighted by atomic mass is 16.5. The highest BCUT2D eigenvalue weighted by molar-refractivity contribution is 5.95. The van der Waals surface area contributed by atoms with Crippen LogP contribution in [0.25, 0.3) is 17.0 Å². The Kier molecular flexibility index (Phi) is 6.01. The maximum absolute atomic E-state index is 12.2. The molecule has 3 rings (SSSR count). The van der Waals surface area contributed by atoms with Gasteiger partial charge in [0.25, 0.3) is 0 Å². The zero-order chi connectivity index (χ0) is 19.9. The largest absolute Gasteiger partial charge is 0.496 e. The number of carbonyl (C=O) groups is 2. The van der Waals surface area contributed by atoms with Crippen LogP contribution in [0.1, 0.15) is 21.5 Å². The van der Waals surface area contributed by atoms with Gasteiger partial charge in [0.05, 0.1) is 19.7 Å². The molecule has 0 aliphatic rings. The van der Waals surface area contributed by atoms with Crippen molar-refractivity contribution in [3.05, 3.63) is 77.5 Å². The summed E-state index contributed by atoms with van der Waals surface area (Å²) < 4.78 is 9.92. The molecule has 3 aromatic rings. The monoisotopic (exact) mass is 376 g/mol. The van der Waals surface area contributed by atoms with Crippen LogP contribution in [0.4, 0.5) is 0 Å². The molecule has 0 spiro atoms. The summed E-state index contributed by atoms with van der Waals surface area (Å²) in [5.74, 6) is -0.318. The Morgan fingerprint density at radius 3 is 2.71 bits per heavy atom. The third-order valence-electron chi connectivity index (χ3n) is 4.21. The number of carbonyl (C=O) groups excluding carboxylic acids is 2. The number of pyridine rings is 1. The van der Waals surface area contributed by atoms with Crippen molar-refractivity contribution < 1.29 is 19.1 Å². The summed E-state index contributed by atoms with van der Waals surface area (Å²) in [6.45, 7) is 0.269. The van der Waals surface area contributed by atoms with E-state index in [2.05, 4.69) is 10.3 Å². The van der Waals surface area contributed by atoms with Crippen LogP contribution in [0.5, 0.6) is 5.75 Å². The van der Waals surface area contributed by atoms with E-state index in [-0.39, 0.29) is 12.5 Å². The molecule has 0 saturated heterocycles. The minimum Gasteiger partial charge on any atom is -0.496 e. The lowest BCUT2D eigenvalue weighted by Crippen LogP contribution is -2.20. The predicted molar refractivity (Wildman–Crippen MR) is 107 cm³/mol. The van der Waals surface area contributed by atoms with E-state index in [4.69, 9.17) is 9.47 Å². The molecule has 0 aliphatic heterocycles. The number of hydrogen-bond donors (Lipinski definition) is 1. The van der Waals surface area contributed by atoms with Crippen molar-refractivity contribution in [2.45, 2.75) is 6.54 Å². The number of methoxy groups -OCH3 is 2. The Morgan fingerprint density at radius 2 is 1.93 bits per heavy atom. The number of esters is 1. The molecule has 0 unspecified atom stereocenters. The van der Waals surface area contributed by atoms with Crippen molar-refractivity contribution in [1.29, 1.82) is 0 Å². The number of nitrogens with one attached hydrogen (secondary N) is 1. The van der Waals surface area contributed by atoms with Gasteiger partial charge in [-0.05, 0) is 29.8 Å². The third kappa shape index (κ3) is 4.35. The van der Waals surface area contributed by atoms with Gasteiger partial charge in [-0.25, -0.2) is 4.79 Å². The van der Waals surface area contributed by atoms with Gasteiger partial charge in [0.2, 0.25) is 5.91 Å². The van der Waals surface area contributed by atoms with Gasteiger partial charge in [-0.3, -0.25) is 9.78 Å². The zero-order valence-corrected chi connectivity index (χ0v) is 15.6. The van der Waals surface area contributed by atoms with Crippen LogP contribution < -0.4 is 10.1 Å². The summed E-state index contributed by atoms with van der Waals surface area (Å²) in [6.07, 6.45) is 4.93. The highest BCUT2D eigenvalue weighted by Crippen LogP contribution is 2.21. The highest BCUT2D eigenvalue weighted by Gasteiger charge is 2.13. The van der Waals surface area contributed by atoms with Crippen LogP contribution in [0.3, 0.4) is 0 Å². The number of benzene rings is 2. The van der Waals surface area contributed by atoms with Gasteiger partial charge in [-0.15, -0.1) is 0 Å². The average Bonchev–Trinajstić information content (AvgIpc) is 2.75. The third-order valence-corrected chi connectivity index (χ3v) is 4.21. The predicted octanol–water partition coefficient (Wildman–Crippen LogP) is 3.36. The molecule has 2 aromatic carbocycles. The zero-order valence-electron chi connectivity index (χ0n) is 15.6. The van der Waals surface area contributed by atoms with Gasteiger partial charge in [-0.2, -0.15) is 0 Å². The van der Waals surface area contributed by atoms with Crippen molar-refractivity contribution >= 4 is 28.9 Å². The van der Waals surface area contributed by atoms with Gasteiger partial charge in [0, 0.05) is 29.8 Å². The Morgan fingerprint density at radius 1 is 1.11 bits per heavy atom. The first kappa shape index (κ1) is 19.1. The van der Waals surface area contributed by atoms with E-state index in [9.17, 15) is 9.59 Å². The van der Waals surface area contributed by atoms with E-state index in [1.165, 1.54) is 20.3 Å².